The van der Waals surface area contributed by atoms with Gasteiger partial charge in [-0.3, -0.25) is 4.79 Å². The van der Waals surface area contributed by atoms with Crippen LogP contribution in [0.2, 0.25) is 5.02 Å². The minimum Gasteiger partial charge on any atom is -0.396 e. The van der Waals surface area contributed by atoms with Crippen LogP contribution < -0.4 is 10.6 Å². The number of aliphatic hydroxyl groups excluding tert-OH is 1. The van der Waals surface area contributed by atoms with E-state index in [1.54, 1.807) is 0 Å². The number of carbonyl (C=O) groups excluding carboxylic acids is 1. The fourth-order valence-electron chi connectivity index (χ4n) is 2.18. The Morgan fingerprint density at radius 2 is 2.25 bits per heavy atom. The second-order valence-corrected chi connectivity index (χ2v) is 5.19. The monoisotopic (exact) mass is 304 g/mol. The van der Waals surface area contributed by atoms with Gasteiger partial charge in [0.1, 0.15) is 11.6 Å². The van der Waals surface area contributed by atoms with Crippen LogP contribution in [-0.2, 0) is 11.3 Å². The van der Waals surface area contributed by atoms with Crippen LogP contribution in [-0.4, -0.2) is 30.2 Å². The van der Waals surface area contributed by atoms with E-state index in [0.717, 1.165) is 12.1 Å². The van der Waals surface area contributed by atoms with Crippen molar-refractivity contribution in [2.45, 2.75) is 19.0 Å². The molecule has 0 bridgehead atoms. The lowest BCUT2D eigenvalue weighted by molar-refractivity contribution is -0.123. The molecule has 7 heteroatoms. The first-order chi connectivity index (χ1) is 9.52. The van der Waals surface area contributed by atoms with Crippen LogP contribution in [0.15, 0.2) is 12.1 Å². The molecule has 110 valence electrons. The molecule has 1 saturated heterocycles. The fraction of sp³-hybridized carbons (Fsp3) is 0.462. The lowest BCUT2D eigenvalue weighted by Crippen LogP contribution is -2.40. The zero-order valence-corrected chi connectivity index (χ0v) is 11.4. The largest absolute Gasteiger partial charge is 0.396 e. The van der Waals surface area contributed by atoms with Gasteiger partial charge in [0, 0.05) is 25.3 Å². The minimum absolute atomic E-state index is 0.00826. The van der Waals surface area contributed by atoms with E-state index in [-0.39, 0.29) is 35.6 Å². The number of hydrogen-bond acceptors (Lipinski definition) is 3. The lowest BCUT2D eigenvalue weighted by atomic mass is 10.1. The summed E-state index contributed by atoms with van der Waals surface area (Å²) in [6.07, 6.45) is 0.503. The number of nitrogens with one attached hydrogen (secondary N) is 2. The van der Waals surface area contributed by atoms with Crippen molar-refractivity contribution in [3.63, 3.8) is 0 Å². The van der Waals surface area contributed by atoms with E-state index in [4.69, 9.17) is 16.7 Å². The zero-order chi connectivity index (χ0) is 14.7. The summed E-state index contributed by atoms with van der Waals surface area (Å²) >= 11 is 5.57. The van der Waals surface area contributed by atoms with Crippen LogP contribution in [0.1, 0.15) is 12.0 Å². The second kappa shape index (κ2) is 6.47. The van der Waals surface area contributed by atoms with E-state index in [2.05, 4.69) is 10.6 Å². The van der Waals surface area contributed by atoms with Crippen molar-refractivity contribution >= 4 is 17.5 Å². The van der Waals surface area contributed by atoms with Crippen LogP contribution in [0.25, 0.3) is 0 Å². The van der Waals surface area contributed by atoms with Gasteiger partial charge in [-0.25, -0.2) is 8.78 Å². The van der Waals surface area contributed by atoms with Crippen LogP contribution in [0.5, 0.6) is 0 Å². The Morgan fingerprint density at radius 3 is 2.90 bits per heavy atom. The fourth-order valence-corrected chi connectivity index (χ4v) is 2.35. The topological polar surface area (TPSA) is 61.4 Å². The van der Waals surface area contributed by atoms with Gasteiger partial charge in [-0.2, -0.15) is 0 Å². The molecule has 1 aliphatic heterocycles. The molecule has 20 heavy (non-hydrogen) atoms. The average molecular weight is 305 g/mol. The van der Waals surface area contributed by atoms with E-state index in [1.807, 2.05) is 0 Å². The van der Waals surface area contributed by atoms with Crippen LogP contribution in [0, 0.1) is 17.6 Å². The molecule has 2 rings (SSSR count). The van der Waals surface area contributed by atoms with E-state index in [9.17, 15) is 13.6 Å². The van der Waals surface area contributed by atoms with Gasteiger partial charge >= 0.3 is 0 Å². The molecule has 3 N–H and O–H groups in total. The second-order valence-electron chi connectivity index (χ2n) is 4.78. The Morgan fingerprint density at radius 1 is 1.50 bits per heavy atom. The molecule has 0 saturated carbocycles. The molecule has 0 radical (unpaired) electrons. The standard InChI is InChI=1S/C13H15ClF2N2O2/c14-9-1-2-10(15)8(12(9)16)5-18-13(20)11-3-7(6-19)4-17-11/h1-2,7,11,17,19H,3-6H2,(H,18,20)/t7-,11-/m0/s1. The number of amides is 1. The molecular formula is C13H15ClF2N2O2. The summed E-state index contributed by atoms with van der Waals surface area (Å²) in [5.74, 6) is -1.93. The van der Waals surface area contributed by atoms with Crippen LogP contribution in [0.3, 0.4) is 0 Å². The zero-order valence-electron chi connectivity index (χ0n) is 10.6. The SMILES string of the molecule is O=C(NCc1c(F)ccc(Cl)c1F)[C@@H]1C[C@H](CO)CN1. The molecule has 1 amide bonds. The molecular weight excluding hydrogens is 290 g/mol. The molecule has 1 fully saturated rings. The summed E-state index contributed by atoms with van der Waals surface area (Å²) < 4.78 is 27.1. The average Bonchev–Trinajstić information content (AvgIpc) is 2.92. The van der Waals surface area contributed by atoms with Gasteiger partial charge in [0.2, 0.25) is 5.91 Å². The number of benzene rings is 1. The van der Waals surface area contributed by atoms with Crippen molar-refractivity contribution < 1.29 is 18.7 Å². The maximum atomic E-state index is 13.6. The molecule has 1 heterocycles. The van der Waals surface area contributed by atoms with Gasteiger partial charge in [0.05, 0.1) is 11.1 Å². The highest BCUT2D eigenvalue weighted by molar-refractivity contribution is 6.30. The summed E-state index contributed by atoms with van der Waals surface area (Å²) in [7, 11) is 0. The Kier molecular flexibility index (Phi) is 4.91. The molecule has 1 aliphatic rings. The predicted octanol–water partition coefficient (Wildman–Crippen LogP) is 1.20. The van der Waals surface area contributed by atoms with Gasteiger partial charge < -0.3 is 15.7 Å². The maximum absolute atomic E-state index is 13.6. The lowest BCUT2D eigenvalue weighted by Gasteiger charge is -2.12. The van der Waals surface area contributed by atoms with Gasteiger partial charge in [0.15, 0.2) is 0 Å². The summed E-state index contributed by atoms with van der Waals surface area (Å²) in [6, 6.07) is 1.74. The third-order valence-corrected chi connectivity index (χ3v) is 3.67. The molecule has 0 spiro atoms. The van der Waals surface area contributed by atoms with Gasteiger partial charge in [0.25, 0.3) is 0 Å². The van der Waals surface area contributed by atoms with E-state index in [1.165, 1.54) is 0 Å². The Labute approximate surface area is 120 Å². The van der Waals surface area contributed by atoms with Crippen molar-refractivity contribution in [1.82, 2.24) is 10.6 Å². The Balaban J connectivity index is 1.96. The van der Waals surface area contributed by atoms with E-state index in [0.29, 0.717) is 13.0 Å². The smallest absolute Gasteiger partial charge is 0.237 e. The highest BCUT2D eigenvalue weighted by Gasteiger charge is 2.29. The highest BCUT2D eigenvalue weighted by atomic mass is 35.5. The minimum atomic E-state index is -0.861. The molecule has 0 aromatic heterocycles. The van der Waals surface area contributed by atoms with Gasteiger partial charge in [-0.1, -0.05) is 11.6 Å². The molecule has 2 atom stereocenters. The molecule has 0 aliphatic carbocycles. The third-order valence-electron chi connectivity index (χ3n) is 3.37. The van der Waals surface area contributed by atoms with Crippen LogP contribution >= 0.6 is 11.6 Å². The number of hydrogen-bond donors (Lipinski definition) is 3. The number of aliphatic hydroxyl groups is 1. The maximum Gasteiger partial charge on any atom is 0.237 e. The summed E-state index contributed by atoms with van der Waals surface area (Å²) in [4.78, 5) is 11.9. The van der Waals surface area contributed by atoms with Crippen molar-refractivity contribution in [3.05, 3.63) is 34.4 Å². The Bertz CT molecular complexity index is 513. The first-order valence-electron chi connectivity index (χ1n) is 6.27. The quantitative estimate of drug-likeness (QED) is 0.733. The predicted molar refractivity (Wildman–Crippen MR) is 70.2 cm³/mol. The summed E-state index contributed by atoms with van der Waals surface area (Å²) in [6.45, 7) is 0.293. The summed E-state index contributed by atoms with van der Waals surface area (Å²) in [5.41, 5.74) is -0.262. The Hall–Kier alpha value is -1.24. The highest BCUT2D eigenvalue weighted by Crippen LogP contribution is 2.21. The third kappa shape index (κ3) is 3.26. The van der Waals surface area contributed by atoms with Gasteiger partial charge in [-0.15, -0.1) is 0 Å². The normalized spacial score (nSPS) is 22.0. The van der Waals surface area contributed by atoms with E-state index >= 15 is 0 Å². The molecule has 1 aromatic carbocycles. The number of halogens is 3. The van der Waals surface area contributed by atoms with Crippen LogP contribution in [0.4, 0.5) is 8.78 Å². The molecule has 1 aromatic rings. The first kappa shape index (κ1) is 15.2. The van der Waals surface area contributed by atoms with Crippen molar-refractivity contribution in [2.24, 2.45) is 5.92 Å². The first-order valence-corrected chi connectivity index (χ1v) is 6.65. The number of rotatable bonds is 4. The molecule has 4 nitrogen and oxygen atoms in total. The number of carbonyl (C=O) groups is 1. The van der Waals surface area contributed by atoms with E-state index < -0.39 is 17.7 Å². The van der Waals surface area contributed by atoms with Crippen molar-refractivity contribution in [3.8, 4) is 0 Å². The van der Waals surface area contributed by atoms with Gasteiger partial charge in [-0.05, 0) is 24.5 Å². The summed E-state index contributed by atoms with van der Waals surface area (Å²) in [5, 5.41) is 14.2. The van der Waals surface area contributed by atoms with Crippen molar-refractivity contribution in [2.75, 3.05) is 13.2 Å². The molecule has 0 unspecified atom stereocenters. The van der Waals surface area contributed by atoms with Crippen molar-refractivity contribution in [1.29, 1.82) is 0 Å².